The Bertz CT molecular complexity index is 371. The number of carboxylic acids is 1. The second-order valence-electron chi connectivity index (χ2n) is 5.34. The lowest BCUT2D eigenvalue weighted by molar-refractivity contribution is -0.163. The van der Waals surface area contributed by atoms with Crippen molar-refractivity contribution in [3.63, 3.8) is 0 Å². The van der Waals surface area contributed by atoms with E-state index >= 15 is 0 Å². The number of nitrogens with one attached hydrogen (secondary N) is 1. The van der Waals surface area contributed by atoms with E-state index in [4.69, 9.17) is 5.11 Å². The number of hydrogen-bond donors (Lipinski definition) is 2. The van der Waals surface area contributed by atoms with Gasteiger partial charge in [0.25, 0.3) is 0 Å². The normalized spacial score (nSPS) is 21.7. The minimum atomic E-state index is -4.52. The fraction of sp³-hybridized carbons (Fsp3) is 0.833. The molecule has 2 N–H and O–H groups in total. The van der Waals surface area contributed by atoms with Gasteiger partial charge in [-0.3, -0.25) is 4.79 Å². The van der Waals surface area contributed by atoms with E-state index in [-0.39, 0.29) is 13.1 Å². The molecule has 8 heteroatoms. The number of hydrogen-bond acceptors (Lipinski definition) is 2. The van der Waals surface area contributed by atoms with Crippen molar-refractivity contribution in [1.29, 1.82) is 0 Å². The molecule has 1 fully saturated rings. The van der Waals surface area contributed by atoms with Crippen LogP contribution in [0.1, 0.15) is 26.7 Å². The Labute approximate surface area is 115 Å². The SMILES string of the molecule is CC(C)[C@H](NC(=O)N1CCCC(C(=O)O)C1)C(F)(F)F. The molecule has 116 valence electrons. The van der Waals surface area contributed by atoms with Crippen LogP contribution in [0.5, 0.6) is 0 Å². The first-order chi connectivity index (χ1) is 9.12. The van der Waals surface area contributed by atoms with Crippen LogP contribution in [-0.4, -0.2) is 47.3 Å². The molecule has 20 heavy (non-hydrogen) atoms. The van der Waals surface area contributed by atoms with E-state index in [1.54, 1.807) is 0 Å². The maximum Gasteiger partial charge on any atom is 0.408 e. The number of likely N-dealkylation sites (tertiary alicyclic amines) is 1. The number of alkyl halides is 3. The Morgan fingerprint density at radius 2 is 1.95 bits per heavy atom. The minimum Gasteiger partial charge on any atom is -0.481 e. The highest BCUT2D eigenvalue weighted by Gasteiger charge is 2.43. The van der Waals surface area contributed by atoms with Crippen molar-refractivity contribution < 1.29 is 27.9 Å². The monoisotopic (exact) mass is 296 g/mol. The van der Waals surface area contributed by atoms with Gasteiger partial charge in [-0.2, -0.15) is 13.2 Å². The van der Waals surface area contributed by atoms with Gasteiger partial charge in [0.2, 0.25) is 0 Å². The zero-order valence-corrected chi connectivity index (χ0v) is 11.4. The van der Waals surface area contributed by atoms with Crippen LogP contribution in [-0.2, 0) is 4.79 Å². The number of carbonyl (C=O) groups is 2. The number of carboxylic acid groups (broad SMARTS) is 1. The molecule has 0 saturated carbocycles. The van der Waals surface area contributed by atoms with Gasteiger partial charge in [-0.25, -0.2) is 4.79 Å². The summed E-state index contributed by atoms with van der Waals surface area (Å²) in [6.07, 6.45) is -3.61. The lowest BCUT2D eigenvalue weighted by Gasteiger charge is -2.33. The van der Waals surface area contributed by atoms with Crippen molar-refractivity contribution in [2.75, 3.05) is 13.1 Å². The molecular weight excluding hydrogens is 277 g/mol. The number of carbonyl (C=O) groups excluding carboxylic acids is 1. The molecular formula is C12H19F3N2O3. The molecule has 2 amide bonds. The van der Waals surface area contributed by atoms with Crippen LogP contribution in [0.4, 0.5) is 18.0 Å². The Morgan fingerprint density at radius 3 is 2.40 bits per heavy atom. The average Bonchev–Trinajstić information content (AvgIpc) is 2.33. The summed E-state index contributed by atoms with van der Waals surface area (Å²) in [5.74, 6) is -2.53. The summed E-state index contributed by atoms with van der Waals surface area (Å²) in [5.41, 5.74) is 0. The first-order valence-electron chi connectivity index (χ1n) is 6.48. The summed E-state index contributed by atoms with van der Waals surface area (Å²) in [5, 5.41) is 10.9. The summed E-state index contributed by atoms with van der Waals surface area (Å²) in [6, 6.07) is -2.79. The Balaban J connectivity index is 2.67. The lowest BCUT2D eigenvalue weighted by atomic mass is 9.98. The Morgan fingerprint density at radius 1 is 1.35 bits per heavy atom. The van der Waals surface area contributed by atoms with Gasteiger partial charge in [-0.1, -0.05) is 13.8 Å². The summed E-state index contributed by atoms with van der Waals surface area (Å²) < 4.78 is 38.3. The highest BCUT2D eigenvalue weighted by atomic mass is 19.4. The third kappa shape index (κ3) is 4.28. The topological polar surface area (TPSA) is 69.6 Å². The number of piperidine rings is 1. The highest BCUT2D eigenvalue weighted by molar-refractivity contribution is 5.76. The predicted molar refractivity (Wildman–Crippen MR) is 65.1 cm³/mol. The van der Waals surface area contributed by atoms with Crippen LogP contribution < -0.4 is 5.32 Å². The molecule has 1 saturated heterocycles. The van der Waals surface area contributed by atoms with Crippen molar-refractivity contribution in [3.05, 3.63) is 0 Å². The molecule has 0 aromatic carbocycles. The van der Waals surface area contributed by atoms with Gasteiger partial charge >= 0.3 is 18.2 Å². The van der Waals surface area contributed by atoms with Gasteiger partial charge in [0.1, 0.15) is 6.04 Å². The third-order valence-corrected chi connectivity index (χ3v) is 3.36. The molecule has 0 aliphatic carbocycles. The molecule has 0 radical (unpaired) electrons. The summed E-state index contributed by atoms with van der Waals surface area (Å²) in [4.78, 5) is 23.9. The molecule has 1 aliphatic heterocycles. The van der Waals surface area contributed by atoms with Crippen LogP contribution in [0.2, 0.25) is 0 Å². The number of rotatable bonds is 3. The van der Waals surface area contributed by atoms with Gasteiger partial charge in [-0.15, -0.1) is 0 Å². The zero-order chi connectivity index (χ0) is 15.5. The summed E-state index contributed by atoms with van der Waals surface area (Å²) in [6.45, 7) is 2.96. The van der Waals surface area contributed by atoms with Crippen LogP contribution in [0.3, 0.4) is 0 Å². The number of halogens is 3. The number of nitrogens with zero attached hydrogens (tertiary/aromatic N) is 1. The van der Waals surface area contributed by atoms with Gasteiger partial charge < -0.3 is 15.3 Å². The van der Waals surface area contributed by atoms with Crippen LogP contribution in [0.25, 0.3) is 0 Å². The quantitative estimate of drug-likeness (QED) is 0.837. The molecule has 0 aromatic heterocycles. The minimum absolute atomic E-state index is 0.0517. The number of urea groups is 1. The second-order valence-corrected chi connectivity index (χ2v) is 5.34. The first kappa shape index (κ1) is 16.6. The number of aliphatic carboxylic acids is 1. The highest BCUT2D eigenvalue weighted by Crippen LogP contribution is 2.26. The van der Waals surface area contributed by atoms with E-state index < -0.39 is 36.1 Å². The predicted octanol–water partition coefficient (Wildman–Crippen LogP) is 2.08. The molecule has 1 rings (SSSR count). The molecule has 0 spiro atoms. The Kier molecular flexibility index (Phi) is 5.24. The van der Waals surface area contributed by atoms with Crippen LogP contribution in [0, 0.1) is 11.8 Å². The standard InChI is InChI=1S/C12H19F3N2O3/c1-7(2)9(12(13,14)15)16-11(20)17-5-3-4-8(6-17)10(18)19/h7-9H,3-6H2,1-2H3,(H,16,20)(H,18,19)/t8?,9-/m0/s1. The first-order valence-corrected chi connectivity index (χ1v) is 6.48. The number of amides is 2. The molecule has 0 bridgehead atoms. The van der Waals surface area contributed by atoms with Crippen molar-refractivity contribution >= 4 is 12.0 Å². The van der Waals surface area contributed by atoms with E-state index in [1.807, 2.05) is 5.32 Å². The van der Waals surface area contributed by atoms with Crippen molar-refractivity contribution in [3.8, 4) is 0 Å². The summed E-state index contributed by atoms with van der Waals surface area (Å²) in [7, 11) is 0. The van der Waals surface area contributed by atoms with Crippen molar-refractivity contribution in [1.82, 2.24) is 10.2 Å². The van der Waals surface area contributed by atoms with Crippen LogP contribution >= 0.6 is 0 Å². The molecule has 1 unspecified atom stereocenters. The lowest BCUT2D eigenvalue weighted by Crippen LogP contribution is -2.55. The molecule has 1 heterocycles. The fourth-order valence-electron chi connectivity index (χ4n) is 2.21. The van der Waals surface area contributed by atoms with Gasteiger partial charge in [0, 0.05) is 13.1 Å². The van der Waals surface area contributed by atoms with Crippen molar-refractivity contribution in [2.24, 2.45) is 11.8 Å². The van der Waals surface area contributed by atoms with E-state index in [0.717, 1.165) is 4.90 Å². The maximum absolute atomic E-state index is 12.8. The Hall–Kier alpha value is -1.47. The maximum atomic E-state index is 12.8. The van der Waals surface area contributed by atoms with Gasteiger partial charge in [0.05, 0.1) is 5.92 Å². The molecule has 2 atom stereocenters. The van der Waals surface area contributed by atoms with Gasteiger partial charge in [0.15, 0.2) is 0 Å². The smallest absolute Gasteiger partial charge is 0.408 e. The van der Waals surface area contributed by atoms with E-state index in [0.29, 0.717) is 12.8 Å². The second kappa shape index (κ2) is 6.32. The molecule has 0 aromatic rings. The molecule has 5 nitrogen and oxygen atoms in total. The van der Waals surface area contributed by atoms with Crippen LogP contribution in [0.15, 0.2) is 0 Å². The van der Waals surface area contributed by atoms with E-state index in [1.165, 1.54) is 13.8 Å². The average molecular weight is 296 g/mol. The molecule has 1 aliphatic rings. The third-order valence-electron chi connectivity index (χ3n) is 3.36. The van der Waals surface area contributed by atoms with Crippen molar-refractivity contribution in [2.45, 2.75) is 38.9 Å². The van der Waals surface area contributed by atoms with E-state index in [9.17, 15) is 22.8 Å². The van der Waals surface area contributed by atoms with E-state index in [2.05, 4.69) is 0 Å². The largest absolute Gasteiger partial charge is 0.481 e. The zero-order valence-electron chi connectivity index (χ0n) is 11.4. The summed E-state index contributed by atoms with van der Waals surface area (Å²) >= 11 is 0. The fourth-order valence-corrected chi connectivity index (χ4v) is 2.21. The van der Waals surface area contributed by atoms with Gasteiger partial charge in [-0.05, 0) is 18.8 Å².